The summed E-state index contributed by atoms with van der Waals surface area (Å²) in [6.07, 6.45) is 0. The third-order valence-corrected chi connectivity index (χ3v) is 3.52. The van der Waals surface area contributed by atoms with Gasteiger partial charge in [0.2, 0.25) is 5.91 Å². The zero-order valence-corrected chi connectivity index (χ0v) is 11.6. The highest BCUT2D eigenvalue weighted by atomic mass is 35.5. The molecule has 0 radical (unpaired) electrons. The van der Waals surface area contributed by atoms with Crippen LogP contribution in [0.2, 0.25) is 5.02 Å². The second-order valence-electron chi connectivity index (χ2n) is 4.17. The lowest BCUT2D eigenvalue weighted by atomic mass is 10.2. The molecule has 1 amide bonds. The van der Waals surface area contributed by atoms with E-state index in [4.69, 9.17) is 23.8 Å². The van der Waals surface area contributed by atoms with E-state index in [1.165, 1.54) is 0 Å². The molecule has 1 saturated heterocycles. The number of benzene rings is 1. The maximum absolute atomic E-state index is 11.3. The molecule has 18 heavy (non-hydrogen) atoms. The minimum absolute atomic E-state index is 0.00709. The molecular weight excluding hydrogens is 270 g/mol. The summed E-state index contributed by atoms with van der Waals surface area (Å²) in [6, 6.07) is 5.67. The first-order chi connectivity index (χ1) is 8.56. The maximum atomic E-state index is 11.3. The van der Waals surface area contributed by atoms with Crippen LogP contribution in [0.1, 0.15) is 5.56 Å². The molecule has 1 aliphatic heterocycles. The van der Waals surface area contributed by atoms with Gasteiger partial charge in [0.15, 0.2) is 5.11 Å². The maximum Gasteiger partial charge on any atom is 0.239 e. The van der Waals surface area contributed by atoms with Gasteiger partial charge in [-0.3, -0.25) is 4.79 Å². The lowest BCUT2D eigenvalue weighted by molar-refractivity contribution is -0.122. The second kappa shape index (κ2) is 5.54. The van der Waals surface area contributed by atoms with Crippen molar-refractivity contribution in [2.75, 3.05) is 25.0 Å². The van der Waals surface area contributed by atoms with Crippen LogP contribution in [-0.2, 0) is 4.79 Å². The van der Waals surface area contributed by atoms with Gasteiger partial charge in [0.25, 0.3) is 0 Å². The van der Waals surface area contributed by atoms with Crippen LogP contribution in [0.5, 0.6) is 0 Å². The van der Waals surface area contributed by atoms with Crippen molar-refractivity contribution in [2.24, 2.45) is 0 Å². The first-order valence-electron chi connectivity index (χ1n) is 5.65. The van der Waals surface area contributed by atoms with Crippen LogP contribution in [0.4, 0.5) is 5.69 Å². The van der Waals surface area contributed by atoms with Gasteiger partial charge in [0.1, 0.15) is 0 Å². The number of piperazine rings is 1. The van der Waals surface area contributed by atoms with Crippen molar-refractivity contribution >= 4 is 40.5 Å². The number of halogens is 1. The number of carbonyl (C=O) groups excluding carboxylic acids is 1. The van der Waals surface area contributed by atoms with Crippen LogP contribution < -0.4 is 10.6 Å². The highest BCUT2D eigenvalue weighted by Crippen LogP contribution is 2.20. The molecule has 0 saturated carbocycles. The average Bonchev–Trinajstić information content (AvgIpc) is 2.34. The fraction of sp³-hybridized carbons (Fsp3) is 0.333. The Hall–Kier alpha value is -1.33. The number of anilines is 1. The van der Waals surface area contributed by atoms with Gasteiger partial charge in [-0.1, -0.05) is 17.7 Å². The Morgan fingerprint density at radius 2 is 2.33 bits per heavy atom. The van der Waals surface area contributed by atoms with E-state index < -0.39 is 0 Å². The summed E-state index contributed by atoms with van der Waals surface area (Å²) in [5.74, 6) is -0.00709. The molecule has 2 rings (SSSR count). The van der Waals surface area contributed by atoms with Crippen LogP contribution in [0, 0.1) is 6.92 Å². The molecular formula is C12H14ClN3OS. The summed E-state index contributed by atoms with van der Waals surface area (Å²) in [7, 11) is 0. The molecule has 0 aromatic heterocycles. The molecule has 4 nitrogen and oxygen atoms in total. The zero-order chi connectivity index (χ0) is 13.1. The first-order valence-corrected chi connectivity index (χ1v) is 6.43. The fourth-order valence-electron chi connectivity index (χ4n) is 1.69. The van der Waals surface area contributed by atoms with Crippen molar-refractivity contribution in [1.29, 1.82) is 0 Å². The lowest BCUT2D eigenvalue weighted by Crippen LogP contribution is -2.51. The highest BCUT2D eigenvalue weighted by Gasteiger charge is 2.18. The largest absolute Gasteiger partial charge is 0.353 e. The van der Waals surface area contributed by atoms with Gasteiger partial charge < -0.3 is 15.5 Å². The van der Waals surface area contributed by atoms with Crippen LogP contribution >= 0.6 is 23.8 Å². The number of amides is 1. The Balaban J connectivity index is 2.02. The zero-order valence-electron chi connectivity index (χ0n) is 10.00. The number of rotatable bonds is 1. The van der Waals surface area contributed by atoms with Crippen molar-refractivity contribution in [1.82, 2.24) is 10.2 Å². The smallest absolute Gasteiger partial charge is 0.239 e. The number of hydrogen-bond acceptors (Lipinski definition) is 2. The summed E-state index contributed by atoms with van der Waals surface area (Å²) in [6.45, 7) is 3.58. The number of thiocarbonyl (C=S) groups is 1. The van der Waals surface area contributed by atoms with Gasteiger partial charge in [-0.05, 0) is 36.8 Å². The molecule has 1 heterocycles. The molecule has 0 bridgehead atoms. The Labute approximate surface area is 116 Å². The molecule has 1 aliphatic rings. The number of nitrogens with zero attached hydrogens (tertiary/aromatic N) is 1. The number of aryl methyl sites for hydroxylation is 1. The van der Waals surface area contributed by atoms with Gasteiger partial charge in [-0.15, -0.1) is 0 Å². The summed E-state index contributed by atoms with van der Waals surface area (Å²) in [4.78, 5) is 13.1. The molecule has 2 N–H and O–H groups in total. The monoisotopic (exact) mass is 283 g/mol. The molecule has 96 valence electrons. The number of hydrogen-bond donors (Lipinski definition) is 2. The van der Waals surface area contributed by atoms with Gasteiger partial charge >= 0.3 is 0 Å². The fourth-order valence-corrected chi connectivity index (χ4v) is 2.14. The Morgan fingerprint density at radius 3 is 3.00 bits per heavy atom. The molecule has 0 atom stereocenters. The van der Waals surface area contributed by atoms with E-state index in [9.17, 15) is 4.79 Å². The van der Waals surface area contributed by atoms with Gasteiger partial charge in [-0.25, -0.2) is 0 Å². The normalized spacial score (nSPS) is 15.2. The van der Waals surface area contributed by atoms with Crippen molar-refractivity contribution < 1.29 is 4.79 Å². The second-order valence-corrected chi connectivity index (χ2v) is 4.96. The first kappa shape index (κ1) is 13.1. The third kappa shape index (κ3) is 3.11. The van der Waals surface area contributed by atoms with Gasteiger partial charge in [0, 0.05) is 23.8 Å². The molecule has 0 aliphatic carbocycles. The van der Waals surface area contributed by atoms with Crippen molar-refractivity contribution in [3.63, 3.8) is 0 Å². The molecule has 1 aromatic rings. The summed E-state index contributed by atoms with van der Waals surface area (Å²) < 4.78 is 0. The predicted octanol–water partition coefficient (Wildman–Crippen LogP) is 1.78. The Kier molecular flexibility index (Phi) is 4.04. The Bertz CT molecular complexity index is 492. The van der Waals surface area contributed by atoms with Crippen molar-refractivity contribution in [3.8, 4) is 0 Å². The minimum Gasteiger partial charge on any atom is -0.353 e. The third-order valence-electron chi connectivity index (χ3n) is 2.75. The predicted molar refractivity (Wildman–Crippen MR) is 77.0 cm³/mol. The van der Waals surface area contributed by atoms with E-state index in [1.807, 2.05) is 30.0 Å². The quantitative estimate of drug-likeness (QED) is 0.771. The molecule has 1 fully saturated rings. The van der Waals surface area contributed by atoms with Crippen LogP contribution in [0.15, 0.2) is 18.2 Å². The average molecular weight is 284 g/mol. The number of carbonyl (C=O) groups is 1. The number of nitrogens with one attached hydrogen (secondary N) is 2. The highest BCUT2D eigenvalue weighted by molar-refractivity contribution is 7.80. The summed E-state index contributed by atoms with van der Waals surface area (Å²) in [5.41, 5.74) is 1.85. The minimum atomic E-state index is -0.00709. The lowest BCUT2D eigenvalue weighted by Gasteiger charge is -2.29. The molecule has 6 heteroatoms. The van der Waals surface area contributed by atoms with E-state index in [1.54, 1.807) is 0 Å². The van der Waals surface area contributed by atoms with Crippen LogP contribution in [0.25, 0.3) is 0 Å². The molecule has 0 unspecified atom stereocenters. The van der Waals surface area contributed by atoms with E-state index in [2.05, 4.69) is 10.6 Å². The van der Waals surface area contributed by atoms with Crippen LogP contribution in [0.3, 0.4) is 0 Å². The van der Waals surface area contributed by atoms with Gasteiger partial charge in [0.05, 0.1) is 6.54 Å². The van der Waals surface area contributed by atoms with Crippen molar-refractivity contribution in [2.45, 2.75) is 6.92 Å². The van der Waals surface area contributed by atoms with E-state index in [0.29, 0.717) is 23.2 Å². The van der Waals surface area contributed by atoms with E-state index in [0.717, 1.165) is 17.8 Å². The molecule has 1 aromatic carbocycles. The standard InChI is InChI=1S/C12H14ClN3OS/c1-8-2-3-9(6-10(8)13)15-12(18)16-5-4-14-11(17)7-16/h2-3,6H,4-5,7H2,1H3,(H,14,17)(H,15,18). The van der Waals surface area contributed by atoms with E-state index in [-0.39, 0.29) is 5.91 Å². The topological polar surface area (TPSA) is 44.4 Å². The summed E-state index contributed by atoms with van der Waals surface area (Å²) >= 11 is 11.3. The SMILES string of the molecule is Cc1ccc(NC(=S)N2CCNC(=O)C2)cc1Cl. The summed E-state index contributed by atoms with van der Waals surface area (Å²) in [5, 5.41) is 7.09. The van der Waals surface area contributed by atoms with Crippen LogP contribution in [-0.4, -0.2) is 35.6 Å². The van der Waals surface area contributed by atoms with Crippen molar-refractivity contribution in [3.05, 3.63) is 28.8 Å². The Morgan fingerprint density at radius 1 is 1.56 bits per heavy atom. The van der Waals surface area contributed by atoms with E-state index >= 15 is 0 Å². The van der Waals surface area contributed by atoms with Gasteiger partial charge in [-0.2, -0.15) is 0 Å². The molecule has 0 spiro atoms.